The molecule has 0 bridgehead atoms. The van der Waals surface area contributed by atoms with Gasteiger partial charge in [-0.1, -0.05) is 24.0 Å². The van der Waals surface area contributed by atoms with Gasteiger partial charge in [-0.15, -0.1) is 13.2 Å². The fourth-order valence-corrected chi connectivity index (χ4v) is 3.04. The Morgan fingerprint density at radius 3 is 1.71 bits per heavy atom. The van der Waals surface area contributed by atoms with Gasteiger partial charge in [-0.25, -0.2) is 0 Å². The highest BCUT2D eigenvalue weighted by Gasteiger charge is 2.50. The number of fused-ring (bicyclic) bond motifs is 1. The Hall–Kier alpha value is -2.02. The van der Waals surface area contributed by atoms with Crippen molar-refractivity contribution in [3.8, 4) is 11.8 Å². The lowest BCUT2D eigenvalue weighted by Crippen LogP contribution is -2.34. The first-order valence-corrected chi connectivity index (χ1v) is 7.23. The minimum Gasteiger partial charge on any atom is -0.464 e. The average Bonchev–Trinajstić information content (AvgIpc) is 2.87. The van der Waals surface area contributed by atoms with Crippen LogP contribution in [0.4, 0.5) is 0 Å². The fourth-order valence-electron chi connectivity index (χ4n) is 3.04. The van der Waals surface area contributed by atoms with Gasteiger partial charge in [0.05, 0.1) is 11.8 Å². The summed E-state index contributed by atoms with van der Waals surface area (Å²) in [7, 11) is 0. The molecule has 1 saturated carbocycles. The largest absolute Gasteiger partial charge is 0.464 e. The average molecular weight is 288 g/mol. The van der Waals surface area contributed by atoms with Crippen molar-refractivity contribution in [3.05, 3.63) is 25.3 Å². The highest BCUT2D eigenvalue weighted by atomic mass is 16.5. The lowest BCUT2D eigenvalue weighted by atomic mass is 9.87. The fraction of sp³-hybridized carbons (Fsp3) is 0.529. The Bertz CT molecular complexity index is 455. The number of ether oxygens (including phenoxy) is 2. The zero-order valence-electron chi connectivity index (χ0n) is 12.0. The number of carbonyl (C=O) groups excluding carboxylic acids is 2. The number of allylic oxidation sites excluding steroid dienone is 2. The van der Waals surface area contributed by atoms with Crippen LogP contribution in [0.25, 0.3) is 0 Å². The smallest absolute Gasteiger partial charge is 0.310 e. The van der Waals surface area contributed by atoms with Gasteiger partial charge in [-0.3, -0.25) is 9.59 Å². The molecule has 1 fully saturated rings. The molecule has 0 saturated heterocycles. The van der Waals surface area contributed by atoms with E-state index < -0.39 is 11.8 Å². The molecule has 0 aromatic carbocycles. The zero-order chi connectivity index (χ0) is 15.2. The first-order valence-electron chi connectivity index (χ1n) is 7.23. The van der Waals surface area contributed by atoms with Gasteiger partial charge in [-0.2, -0.15) is 0 Å². The lowest BCUT2D eigenvalue weighted by molar-refractivity contribution is -0.161. The van der Waals surface area contributed by atoms with Crippen molar-refractivity contribution in [2.45, 2.75) is 19.3 Å². The summed E-state index contributed by atoms with van der Waals surface area (Å²) in [5.74, 6) is 3.79. The summed E-state index contributed by atoms with van der Waals surface area (Å²) in [4.78, 5) is 24.7. The van der Waals surface area contributed by atoms with E-state index >= 15 is 0 Å². The monoisotopic (exact) mass is 288 g/mol. The van der Waals surface area contributed by atoms with Crippen molar-refractivity contribution in [1.29, 1.82) is 0 Å². The minimum absolute atomic E-state index is 0.0907. The summed E-state index contributed by atoms with van der Waals surface area (Å²) < 4.78 is 10.5. The quantitative estimate of drug-likeness (QED) is 0.443. The van der Waals surface area contributed by atoms with Gasteiger partial charge in [0, 0.05) is 12.8 Å². The molecule has 0 radical (unpaired) electrons. The molecule has 0 spiro atoms. The first kappa shape index (κ1) is 15.4. The predicted octanol–water partition coefficient (Wildman–Crippen LogP) is 2.11. The summed E-state index contributed by atoms with van der Waals surface area (Å²) in [5.41, 5.74) is 0. The molecular weight excluding hydrogens is 268 g/mol. The Balaban J connectivity index is 2.28. The maximum absolute atomic E-state index is 12.3. The second-order valence-electron chi connectivity index (χ2n) is 5.27. The Morgan fingerprint density at radius 1 is 0.905 bits per heavy atom. The molecule has 1 aliphatic heterocycles. The van der Waals surface area contributed by atoms with E-state index in [9.17, 15) is 9.59 Å². The number of cyclic esters (lactones) is 2. The van der Waals surface area contributed by atoms with Crippen molar-refractivity contribution in [1.82, 2.24) is 0 Å². The van der Waals surface area contributed by atoms with Crippen molar-refractivity contribution < 1.29 is 19.1 Å². The second-order valence-corrected chi connectivity index (χ2v) is 5.27. The first-order chi connectivity index (χ1) is 10.2. The molecule has 1 aliphatic carbocycles. The Morgan fingerprint density at radius 2 is 1.33 bits per heavy atom. The van der Waals surface area contributed by atoms with E-state index in [1.807, 2.05) is 0 Å². The highest BCUT2D eigenvalue weighted by molar-refractivity contribution is 5.84. The number of rotatable bonds is 2. The maximum atomic E-state index is 12.3. The zero-order valence-corrected chi connectivity index (χ0v) is 12.0. The Labute approximate surface area is 125 Å². The van der Waals surface area contributed by atoms with Crippen LogP contribution in [0.5, 0.6) is 0 Å². The third kappa shape index (κ3) is 3.36. The van der Waals surface area contributed by atoms with E-state index in [-0.39, 0.29) is 37.0 Å². The summed E-state index contributed by atoms with van der Waals surface area (Å²) >= 11 is 0. The molecule has 4 nitrogen and oxygen atoms in total. The molecule has 4 heteroatoms. The molecule has 0 amide bonds. The number of hydrogen-bond donors (Lipinski definition) is 0. The molecule has 0 aromatic rings. The van der Waals surface area contributed by atoms with Crippen LogP contribution in [0.15, 0.2) is 25.3 Å². The van der Waals surface area contributed by atoms with E-state index in [1.54, 1.807) is 12.2 Å². The van der Waals surface area contributed by atoms with E-state index in [0.29, 0.717) is 19.3 Å². The molecule has 0 aromatic heterocycles. The lowest BCUT2D eigenvalue weighted by Gasteiger charge is -2.22. The van der Waals surface area contributed by atoms with Gasteiger partial charge >= 0.3 is 11.9 Å². The van der Waals surface area contributed by atoms with Gasteiger partial charge in [0.1, 0.15) is 13.2 Å². The minimum atomic E-state index is -0.537. The second kappa shape index (κ2) is 7.12. The predicted molar refractivity (Wildman–Crippen MR) is 77.9 cm³/mol. The van der Waals surface area contributed by atoms with E-state index in [2.05, 4.69) is 25.0 Å². The highest BCUT2D eigenvalue weighted by Crippen LogP contribution is 2.44. The number of carbonyl (C=O) groups is 2. The molecule has 112 valence electrons. The van der Waals surface area contributed by atoms with E-state index in [1.165, 1.54) is 0 Å². The molecular formula is C17H20O4. The number of esters is 2. The van der Waals surface area contributed by atoms with E-state index in [4.69, 9.17) is 9.47 Å². The third-order valence-corrected chi connectivity index (χ3v) is 4.07. The van der Waals surface area contributed by atoms with Crippen LogP contribution in [0.3, 0.4) is 0 Å². The van der Waals surface area contributed by atoms with Crippen molar-refractivity contribution in [2.24, 2.45) is 23.7 Å². The summed E-state index contributed by atoms with van der Waals surface area (Å²) in [6.45, 7) is 8.06. The van der Waals surface area contributed by atoms with Crippen LogP contribution in [0, 0.1) is 35.5 Å². The third-order valence-electron chi connectivity index (χ3n) is 4.07. The molecule has 21 heavy (non-hydrogen) atoms. The van der Waals surface area contributed by atoms with Crippen LogP contribution in [-0.4, -0.2) is 25.2 Å². The summed E-state index contributed by atoms with van der Waals surface area (Å²) in [6.07, 6.45) is 5.12. The molecule has 0 unspecified atom stereocenters. The Kier molecular flexibility index (Phi) is 5.21. The van der Waals surface area contributed by atoms with Gasteiger partial charge in [-0.05, 0) is 18.3 Å². The van der Waals surface area contributed by atoms with Crippen LogP contribution in [0.2, 0.25) is 0 Å². The standard InChI is InChI=1S/C17H20O4/c1-3-12-11-13(4-2)15-14(12)16(18)20-9-7-5-6-8-10-21-17(15)19/h3-4,12-15H,1-2,7-11H2/t12-,13+,14-,15+. The normalized spacial score (nSPS) is 33.1. The molecule has 4 atom stereocenters. The summed E-state index contributed by atoms with van der Waals surface area (Å²) in [6, 6.07) is 0. The van der Waals surface area contributed by atoms with Crippen LogP contribution < -0.4 is 0 Å². The van der Waals surface area contributed by atoms with Gasteiger partial charge in [0.2, 0.25) is 0 Å². The maximum Gasteiger partial charge on any atom is 0.310 e. The van der Waals surface area contributed by atoms with Crippen molar-refractivity contribution in [3.63, 3.8) is 0 Å². The molecule has 2 rings (SSSR count). The van der Waals surface area contributed by atoms with Gasteiger partial charge < -0.3 is 9.47 Å². The SMILES string of the molecule is C=C[C@@H]1C[C@H](C=C)[C@@H]2C(=O)OCCC#CCCOC(=O)[C@@H]21. The van der Waals surface area contributed by atoms with Crippen molar-refractivity contribution >= 4 is 11.9 Å². The van der Waals surface area contributed by atoms with Crippen molar-refractivity contribution in [2.75, 3.05) is 13.2 Å². The molecule has 1 heterocycles. The van der Waals surface area contributed by atoms with E-state index in [0.717, 1.165) is 0 Å². The van der Waals surface area contributed by atoms with Crippen LogP contribution in [-0.2, 0) is 19.1 Å². The van der Waals surface area contributed by atoms with Gasteiger partial charge in [0.15, 0.2) is 0 Å². The number of hydrogen-bond acceptors (Lipinski definition) is 4. The topological polar surface area (TPSA) is 52.6 Å². The summed E-state index contributed by atoms with van der Waals surface area (Å²) in [5, 5.41) is 0. The molecule has 2 aliphatic rings. The molecule has 0 N–H and O–H groups in total. The van der Waals surface area contributed by atoms with Crippen LogP contribution >= 0.6 is 0 Å². The van der Waals surface area contributed by atoms with Gasteiger partial charge in [0.25, 0.3) is 0 Å². The van der Waals surface area contributed by atoms with Crippen LogP contribution in [0.1, 0.15) is 19.3 Å².